The molecular weight excluding hydrogens is 254 g/mol. The Morgan fingerprint density at radius 3 is 2.60 bits per heavy atom. The molecule has 1 aliphatic carbocycles. The summed E-state index contributed by atoms with van der Waals surface area (Å²) in [6.45, 7) is 0.394. The third-order valence-electron chi connectivity index (χ3n) is 3.86. The number of likely N-dealkylation sites (N-methyl/N-ethyl adjacent to an activating group) is 1. The van der Waals surface area contributed by atoms with Crippen molar-refractivity contribution in [2.75, 3.05) is 32.6 Å². The van der Waals surface area contributed by atoms with E-state index in [0.29, 0.717) is 12.1 Å². The normalized spacial score (nSPS) is 17.0. The van der Waals surface area contributed by atoms with Crippen molar-refractivity contribution in [1.82, 2.24) is 9.88 Å². The van der Waals surface area contributed by atoms with Crippen LogP contribution in [0, 0.1) is 0 Å². The zero-order valence-electron chi connectivity index (χ0n) is 12.5. The van der Waals surface area contributed by atoms with Crippen LogP contribution in [0.2, 0.25) is 0 Å². The Morgan fingerprint density at radius 2 is 2.00 bits per heavy atom. The van der Waals surface area contributed by atoms with E-state index in [1.165, 1.54) is 0 Å². The second-order valence-corrected chi connectivity index (χ2v) is 5.89. The summed E-state index contributed by atoms with van der Waals surface area (Å²) < 4.78 is 0. The minimum atomic E-state index is -0.707. The van der Waals surface area contributed by atoms with Crippen LogP contribution in [0.4, 0.5) is 5.82 Å². The van der Waals surface area contributed by atoms with E-state index in [1.807, 2.05) is 19.0 Å². The lowest BCUT2D eigenvalue weighted by molar-refractivity contribution is 0.0157. The lowest BCUT2D eigenvalue weighted by Gasteiger charge is -2.28. The molecule has 1 aliphatic rings. The number of carbonyl (C=O) groups is 1. The Kier molecular flexibility index (Phi) is 4.28. The largest absolute Gasteiger partial charge is 0.388 e. The topological polar surface area (TPSA) is 56.7 Å². The maximum Gasteiger partial charge on any atom is 0.253 e. The summed E-state index contributed by atoms with van der Waals surface area (Å²) in [4.78, 5) is 20.1. The maximum atomic E-state index is 12.4. The van der Waals surface area contributed by atoms with Crippen molar-refractivity contribution >= 4 is 11.7 Å². The molecule has 0 saturated heterocycles. The smallest absolute Gasteiger partial charge is 0.253 e. The van der Waals surface area contributed by atoms with Gasteiger partial charge in [0, 0.05) is 39.4 Å². The second kappa shape index (κ2) is 5.79. The average Bonchev–Trinajstić information content (AvgIpc) is 2.84. The van der Waals surface area contributed by atoms with Crippen LogP contribution < -0.4 is 4.90 Å². The van der Waals surface area contributed by atoms with Crippen molar-refractivity contribution < 1.29 is 9.90 Å². The molecule has 1 fully saturated rings. The number of hydrogen-bond acceptors (Lipinski definition) is 4. The van der Waals surface area contributed by atoms with Crippen LogP contribution in [-0.2, 0) is 0 Å². The molecule has 0 bridgehead atoms. The van der Waals surface area contributed by atoms with E-state index in [0.717, 1.165) is 31.5 Å². The minimum Gasteiger partial charge on any atom is -0.388 e. The van der Waals surface area contributed by atoms with E-state index in [9.17, 15) is 9.90 Å². The number of pyridine rings is 1. The van der Waals surface area contributed by atoms with Crippen molar-refractivity contribution in [3.05, 3.63) is 23.9 Å². The zero-order valence-corrected chi connectivity index (χ0v) is 12.5. The summed E-state index contributed by atoms with van der Waals surface area (Å²) in [5.41, 5.74) is -0.102. The first kappa shape index (κ1) is 14.8. The van der Waals surface area contributed by atoms with Gasteiger partial charge in [-0.1, -0.05) is 12.8 Å². The molecule has 1 saturated carbocycles. The summed E-state index contributed by atoms with van der Waals surface area (Å²) >= 11 is 0. The van der Waals surface area contributed by atoms with Gasteiger partial charge < -0.3 is 14.9 Å². The molecule has 5 heteroatoms. The van der Waals surface area contributed by atoms with Gasteiger partial charge in [0.1, 0.15) is 5.82 Å². The molecule has 2 rings (SSSR count). The fourth-order valence-electron chi connectivity index (χ4n) is 2.72. The van der Waals surface area contributed by atoms with Crippen molar-refractivity contribution in [2.45, 2.75) is 31.3 Å². The van der Waals surface area contributed by atoms with Gasteiger partial charge in [-0.25, -0.2) is 4.98 Å². The molecule has 1 heterocycles. The number of aliphatic hydroxyl groups is 1. The summed E-state index contributed by atoms with van der Waals surface area (Å²) in [5.74, 6) is 0.680. The molecule has 110 valence electrons. The van der Waals surface area contributed by atoms with E-state index >= 15 is 0 Å². The SMILES string of the molecule is CN(CC1(O)CCCC1)C(=O)c1ccnc(N(C)C)c1. The van der Waals surface area contributed by atoms with Gasteiger partial charge in [-0.05, 0) is 25.0 Å². The molecule has 20 heavy (non-hydrogen) atoms. The fraction of sp³-hybridized carbons (Fsp3) is 0.600. The third kappa shape index (κ3) is 3.28. The lowest BCUT2D eigenvalue weighted by Crippen LogP contribution is -2.42. The predicted octanol–water partition coefficient (Wildman–Crippen LogP) is 1.52. The molecule has 1 aromatic heterocycles. The Morgan fingerprint density at radius 1 is 1.35 bits per heavy atom. The monoisotopic (exact) mass is 277 g/mol. The van der Waals surface area contributed by atoms with Gasteiger partial charge >= 0.3 is 0 Å². The highest BCUT2D eigenvalue weighted by atomic mass is 16.3. The highest BCUT2D eigenvalue weighted by Crippen LogP contribution is 2.30. The van der Waals surface area contributed by atoms with Gasteiger partial charge in [-0.2, -0.15) is 0 Å². The highest BCUT2D eigenvalue weighted by molar-refractivity contribution is 5.94. The summed E-state index contributed by atoms with van der Waals surface area (Å²) in [6.07, 6.45) is 5.28. The van der Waals surface area contributed by atoms with Crippen molar-refractivity contribution in [1.29, 1.82) is 0 Å². The Hall–Kier alpha value is -1.62. The van der Waals surface area contributed by atoms with Crippen LogP contribution >= 0.6 is 0 Å². The van der Waals surface area contributed by atoms with Gasteiger partial charge in [0.05, 0.1) is 5.60 Å². The van der Waals surface area contributed by atoms with E-state index in [-0.39, 0.29) is 5.91 Å². The Labute approximate surface area is 120 Å². The molecule has 0 atom stereocenters. The standard InChI is InChI=1S/C15H23N3O2/c1-17(2)13-10-12(6-9-16-13)14(19)18(3)11-15(20)7-4-5-8-15/h6,9-10,20H,4-5,7-8,11H2,1-3H3. The van der Waals surface area contributed by atoms with Gasteiger partial charge in [-0.15, -0.1) is 0 Å². The van der Waals surface area contributed by atoms with Crippen LogP contribution in [0.1, 0.15) is 36.0 Å². The Balaban J connectivity index is 2.08. The number of rotatable bonds is 4. The van der Waals surface area contributed by atoms with Crippen LogP contribution in [0.25, 0.3) is 0 Å². The van der Waals surface area contributed by atoms with Crippen LogP contribution in [-0.4, -0.2) is 54.2 Å². The molecule has 1 N–H and O–H groups in total. The van der Waals surface area contributed by atoms with Gasteiger partial charge in [0.15, 0.2) is 0 Å². The third-order valence-corrected chi connectivity index (χ3v) is 3.86. The molecule has 1 amide bonds. The van der Waals surface area contributed by atoms with Gasteiger partial charge in [-0.3, -0.25) is 4.79 Å². The van der Waals surface area contributed by atoms with Crippen molar-refractivity contribution in [3.63, 3.8) is 0 Å². The summed E-state index contributed by atoms with van der Waals surface area (Å²) in [6, 6.07) is 3.49. The first-order valence-corrected chi connectivity index (χ1v) is 7.02. The molecule has 0 aromatic carbocycles. The van der Waals surface area contributed by atoms with Crippen molar-refractivity contribution in [2.24, 2.45) is 0 Å². The summed E-state index contributed by atoms with van der Waals surface area (Å²) in [7, 11) is 5.53. The van der Waals surface area contributed by atoms with Crippen molar-refractivity contribution in [3.8, 4) is 0 Å². The van der Waals surface area contributed by atoms with E-state index < -0.39 is 5.60 Å². The quantitative estimate of drug-likeness (QED) is 0.906. The number of aromatic nitrogens is 1. The highest BCUT2D eigenvalue weighted by Gasteiger charge is 2.33. The molecule has 0 spiro atoms. The van der Waals surface area contributed by atoms with E-state index in [4.69, 9.17) is 0 Å². The minimum absolute atomic E-state index is 0.0733. The van der Waals surface area contributed by atoms with E-state index in [1.54, 1.807) is 30.3 Å². The maximum absolute atomic E-state index is 12.4. The fourth-order valence-corrected chi connectivity index (χ4v) is 2.72. The molecule has 1 aromatic rings. The van der Waals surface area contributed by atoms with Gasteiger partial charge in [0.25, 0.3) is 5.91 Å². The number of carbonyl (C=O) groups excluding carboxylic acids is 1. The van der Waals surface area contributed by atoms with Crippen LogP contribution in [0.5, 0.6) is 0 Å². The molecule has 5 nitrogen and oxygen atoms in total. The first-order valence-electron chi connectivity index (χ1n) is 7.02. The molecule has 0 radical (unpaired) electrons. The summed E-state index contributed by atoms with van der Waals surface area (Å²) in [5, 5.41) is 10.4. The number of nitrogens with zero attached hydrogens (tertiary/aromatic N) is 3. The predicted molar refractivity (Wildman–Crippen MR) is 78.9 cm³/mol. The van der Waals surface area contributed by atoms with E-state index in [2.05, 4.69) is 4.98 Å². The molecule has 0 aliphatic heterocycles. The second-order valence-electron chi connectivity index (χ2n) is 5.89. The number of anilines is 1. The van der Waals surface area contributed by atoms with Crippen LogP contribution in [0.15, 0.2) is 18.3 Å². The number of hydrogen-bond donors (Lipinski definition) is 1. The Bertz CT molecular complexity index is 482. The molecule has 0 unspecified atom stereocenters. The van der Waals surface area contributed by atoms with Crippen LogP contribution in [0.3, 0.4) is 0 Å². The zero-order chi connectivity index (χ0) is 14.8. The average molecular weight is 277 g/mol. The van der Waals surface area contributed by atoms with Gasteiger partial charge in [0.2, 0.25) is 0 Å². The molecular formula is C15H23N3O2. The first-order chi connectivity index (χ1) is 9.41. The number of amides is 1. The lowest BCUT2D eigenvalue weighted by atomic mass is 10.0.